The number of halogens is 3. The average molecular weight is 399 g/mol. The predicted molar refractivity (Wildman–Crippen MR) is 96.6 cm³/mol. The molecule has 2 heterocycles. The number of aromatic nitrogens is 3. The van der Waals surface area contributed by atoms with Gasteiger partial charge in [-0.25, -0.2) is 0 Å². The van der Waals surface area contributed by atoms with Crippen molar-refractivity contribution in [3.8, 4) is 0 Å². The van der Waals surface area contributed by atoms with Crippen molar-refractivity contribution in [1.82, 2.24) is 15.0 Å². The van der Waals surface area contributed by atoms with E-state index in [4.69, 9.17) is 0 Å². The number of hydrogen-bond donors (Lipinski definition) is 1. The van der Waals surface area contributed by atoms with Gasteiger partial charge in [-0.2, -0.15) is 18.2 Å². The number of H-pyrrole nitrogens is 1. The quantitative estimate of drug-likeness (QED) is 0.504. The summed E-state index contributed by atoms with van der Waals surface area (Å²) in [5.41, 5.74) is 1.53. The number of benzene rings is 1. The molecule has 26 heavy (non-hydrogen) atoms. The molecule has 0 saturated carbocycles. The second-order valence-corrected chi connectivity index (χ2v) is 7.77. The summed E-state index contributed by atoms with van der Waals surface area (Å²) in [7, 11) is 0. The zero-order valence-electron chi connectivity index (χ0n) is 14.1. The molecule has 1 N–H and O–H groups in total. The third-order valence-electron chi connectivity index (χ3n) is 3.95. The Hall–Kier alpha value is -1.71. The van der Waals surface area contributed by atoms with Crippen molar-refractivity contribution in [2.75, 3.05) is 6.26 Å². The van der Waals surface area contributed by atoms with Gasteiger partial charge in [0.1, 0.15) is 0 Å². The van der Waals surface area contributed by atoms with E-state index in [1.54, 1.807) is 18.0 Å². The van der Waals surface area contributed by atoms with Gasteiger partial charge in [-0.05, 0) is 42.5 Å². The van der Waals surface area contributed by atoms with E-state index in [0.29, 0.717) is 11.2 Å². The highest BCUT2D eigenvalue weighted by atomic mass is 32.2. The number of imidazole rings is 1. The Morgan fingerprint density at radius 2 is 2.04 bits per heavy atom. The van der Waals surface area contributed by atoms with Crippen LogP contribution in [0.2, 0.25) is 0 Å². The first-order chi connectivity index (χ1) is 12.3. The fourth-order valence-corrected chi connectivity index (χ4v) is 4.43. The number of fused-ring (bicyclic) bond motifs is 1. The van der Waals surface area contributed by atoms with Gasteiger partial charge in [0.15, 0.2) is 5.75 Å². The van der Waals surface area contributed by atoms with E-state index in [0.717, 1.165) is 29.0 Å². The molecule has 0 aliphatic carbocycles. The maximum absolute atomic E-state index is 12.8. The summed E-state index contributed by atoms with van der Waals surface area (Å²) in [5, 5.41) is 0.151. The Bertz CT molecular complexity index is 927. The van der Waals surface area contributed by atoms with Crippen molar-refractivity contribution >= 4 is 34.0 Å². The molecule has 0 spiro atoms. The fraction of sp³-hybridized carbons (Fsp3) is 0.294. The Labute approximate surface area is 155 Å². The largest absolute Gasteiger partial charge is 0.609 e. The van der Waals surface area contributed by atoms with E-state index in [1.807, 2.05) is 19.2 Å². The molecule has 0 amide bonds. The van der Waals surface area contributed by atoms with Gasteiger partial charge < -0.3 is 4.55 Å². The normalized spacial score (nSPS) is 13.3. The van der Waals surface area contributed by atoms with Crippen molar-refractivity contribution in [2.45, 2.75) is 35.3 Å². The summed E-state index contributed by atoms with van der Waals surface area (Å²) >= 11 is 0.0592. The number of nitrogens with zero attached hydrogens (tertiary/aromatic N) is 2. The summed E-state index contributed by atoms with van der Waals surface area (Å²) in [4.78, 5) is 12.3. The molecule has 0 radical (unpaired) electrons. The van der Waals surface area contributed by atoms with Crippen LogP contribution in [0.1, 0.15) is 23.7 Å². The summed E-state index contributed by atoms with van der Waals surface area (Å²) < 4.78 is 51.1. The van der Waals surface area contributed by atoms with Crippen molar-refractivity contribution in [3.63, 3.8) is 0 Å². The minimum atomic E-state index is -4.44. The average Bonchev–Trinajstić information content (AvgIpc) is 3.04. The van der Waals surface area contributed by atoms with Crippen molar-refractivity contribution in [1.29, 1.82) is 0 Å². The third-order valence-corrected chi connectivity index (χ3v) is 5.93. The van der Waals surface area contributed by atoms with Crippen molar-refractivity contribution in [3.05, 3.63) is 47.3 Å². The van der Waals surface area contributed by atoms with Crippen LogP contribution in [0.3, 0.4) is 0 Å². The molecule has 0 aliphatic rings. The molecule has 1 aromatic carbocycles. The van der Waals surface area contributed by atoms with Crippen LogP contribution in [0.4, 0.5) is 13.2 Å². The molecule has 0 bridgehead atoms. The van der Waals surface area contributed by atoms with Gasteiger partial charge in [0, 0.05) is 22.3 Å². The van der Waals surface area contributed by atoms with Crippen molar-refractivity contribution in [2.24, 2.45) is 0 Å². The van der Waals surface area contributed by atoms with Crippen LogP contribution >= 0.6 is 11.8 Å². The van der Waals surface area contributed by atoms with Crippen LogP contribution in [0.15, 0.2) is 40.5 Å². The minimum Gasteiger partial charge on any atom is -0.609 e. The van der Waals surface area contributed by atoms with Crippen LogP contribution in [0, 0.1) is 0 Å². The SMILES string of the molecule is CCc1c(SC)ccnc1C[S+]([O-])c1nc2cc(C(F)(F)F)ccc2[nH]1. The zero-order chi connectivity index (χ0) is 18.9. The molecule has 1 atom stereocenters. The minimum absolute atomic E-state index is 0.143. The van der Waals surface area contributed by atoms with Crippen LogP contribution in [-0.2, 0) is 29.5 Å². The Morgan fingerprint density at radius 3 is 2.69 bits per heavy atom. The molecule has 138 valence electrons. The second-order valence-electron chi connectivity index (χ2n) is 5.55. The number of pyridine rings is 1. The van der Waals surface area contributed by atoms with Gasteiger partial charge in [0.05, 0.1) is 22.3 Å². The predicted octanol–water partition coefficient (Wildman–Crippen LogP) is 4.57. The number of aromatic amines is 1. The molecule has 3 rings (SSSR count). The lowest BCUT2D eigenvalue weighted by Gasteiger charge is -2.12. The van der Waals surface area contributed by atoms with Crippen LogP contribution < -0.4 is 0 Å². The van der Waals surface area contributed by atoms with E-state index in [9.17, 15) is 17.7 Å². The molecule has 3 aromatic rings. The highest BCUT2D eigenvalue weighted by Gasteiger charge is 2.31. The number of rotatable bonds is 5. The van der Waals surface area contributed by atoms with Gasteiger partial charge >= 0.3 is 11.3 Å². The summed E-state index contributed by atoms with van der Waals surface area (Å²) in [5.74, 6) is 0.156. The van der Waals surface area contributed by atoms with Crippen molar-refractivity contribution < 1.29 is 17.7 Å². The number of alkyl halides is 3. The molecule has 0 saturated heterocycles. The molecule has 9 heteroatoms. The molecule has 2 aromatic heterocycles. The highest BCUT2D eigenvalue weighted by Crippen LogP contribution is 2.31. The third kappa shape index (κ3) is 3.84. The van der Waals surface area contributed by atoms with E-state index in [2.05, 4.69) is 15.0 Å². The monoisotopic (exact) mass is 399 g/mol. The number of thioether (sulfide) groups is 1. The van der Waals surface area contributed by atoms with E-state index >= 15 is 0 Å². The summed E-state index contributed by atoms with van der Waals surface area (Å²) in [6.07, 6.45) is -0.0469. The maximum Gasteiger partial charge on any atom is 0.416 e. The van der Waals surface area contributed by atoms with Crippen LogP contribution in [0.5, 0.6) is 0 Å². The van der Waals surface area contributed by atoms with Gasteiger partial charge in [0.2, 0.25) is 0 Å². The van der Waals surface area contributed by atoms with Gasteiger partial charge in [-0.3, -0.25) is 9.97 Å². The van der Waals surface area contributed by atoms with Gasteiger partial charge in [-0.1, -0.05) is 6.92 Å². The van der Waals surface area contributed by atoms with Gasteiger partial charge in [-0.15, -0.1) is 11.8 Å². The first kappa shape index (κ1) is 19.1. The first-order valence-electron chi connectivity index (χ1n) is 7.79. The Balaban J connectivity index is 1.90. The zero-order valence-corrected chi connectivity index (χ0v) is 15.7. The Morgan fingerprint density at radius 1 is 1.27 bits per heavy atom. The van der Waals surface area contributed by atoms with E-state index in [-0.39, 0.29) is 16.4 Å². The van der Waals surface area contributed by atoms with Gasteiger partial charge in [0.25, 0.3) is 0 Å². The smallest absolute Gasteiger partial charge is 0.416 e. The molecular weight excluding hydrogens is 383 g/mol. The molecule has 4 nitrogen and oxygen atoms in total. The Kier molecular flexibility index (Phi) is 5.50. The number of nitrogens with one attached hydrogen (secondary N) is 1. The second kappa shape index (κ2) is 7.50. The van der Waals surface area contributed by atoms with E-state index in [1.165, 1.54) is 6.07 Å². The van der Waals surface area contributed by atoms with Crippen LogP contribution in [0.25, 0.3) is 11.0 Å². The lowest BCUT2D eigenvalue weighted by atomic mass is 10.1. The molecule has 0 fully saturated rings. The molecule has 0 aliphatic heterocycles. The first-order valence-corrected chi connectivity index (χ1v) is 10.3. The summed E-state index contributed by atoms with van der Waals surface area (Å²) in [6.45, 7) is 2.00. The summed E-state index contributed by atoms with van der Waals surface area (Å²) in [6, 6.07) is 5.15. The standard InChI is InChI=1S/C17H16F3N3OS2/c1-3-11-14(21-7-6-15(11)25-2)9-26(24)16-22-12-5-4-10(17(18,19)20)8-13(12)23-16/h4-8H,3,9H2,1-2H3,(H,22,23). The van der Waals surface area contributed by atoms with Crippen LogP contribution in [-0.4, -0.2) is 25.8 Å². The number of hydrogen-bond acceptors (Lipinski definition) is 4. The lowest BCUT2D eigenvalue weighted by molar-refractivity contribution is -0.137. The molecular formula is C17H16F3N3OS2. The molecule has 1 unspecified atom stereocenters. The highest BCUT2D eigenvalue weighted by molar-refractivity contribution is 7.98. The lowest BCUT2D eigenvalue weighted by Crippen LogP contribution is -2.10. The fourth-order valence-electron chi connectivity index (χ4n) is 2.67. The van der Waals surface area contributed by atoms with E-state index < -0.39 is 22.9 Å². The maximum atomic E-state index is 12.8. The topological polar surface area (TPSA) is 64.6 Å².